The van der Waals surface area contributed by atoms with Gasteiger partial charge in [-0.25, -0.2) is 4.79 Å². The van der Waals surface area contributed by atoms with Crippen LogP contribution >= 0.6 is 0 Å². The second kappa shape index (κ2) is 19.8. The third-order valence-electron chi connectivity index (χ3n) is 6.47. The average molecular weight is 559 g/mol. The predicted octanol–water partition coefficient (Wildman–Crippen LogP) is 3.84. The molecule has 0 bridgehead atoms. The number of ketones is 1. The van der Waals surface area contributed by atoms with Crippen LogP contribution in [0.15, 0.2) is 35.5 Å². The number of Topliss-reactive ketones (excluding diaryl/α,β-unsaturated/α-hetero) is 1. The van der Waals surface area contributed by atoms with E-state index < -0.39 is 17.9 Å². The number of amides is 2. The number of benzene rings is 1. The molecule has 2 amide bonds. The average Bonchev–Trinajstić information content (AvgIpc) is 2.85. The van der Waals surface area contributed by atoms with Crippen LogP contribution in [0.2, 0.25) is 0 Å². The lowest BCUT2D eigenvalue weighted by Gasteiger charge is -2.20. The minimum atomic E-state index is -0.926. The molecule has 40 heavy (non-hydrogen) atoms. The van der Waals surface area contributed by atoms with Crippen molar-refractivity contribution >= 4 is 23.6 Å². The SMILES string of the molecule is CC(=O)CCC(NC(=O)CNC(=O)CNCc1ccccc1C)C(=O)OC(C)C.CCCCNC(C)=C1CCC1. The number of hydrogen-bond donors (Lipinski definition) is 4. The fourth-order valence-corrected chi connectivity index (χ4v) is 3.82. The molecule has 0 saturated heterocycles. The Labute approximate surface area is 240 Å². The summed E-state index contributed by atoms with van der Waals surface area (Å²) < 4.78 is 5.11. The molecule has 1 aliphatic rings. The number of rotatable bonds is 16. The number of ether oxygens (including phenoxy) is 1. The first-order valence-electron chi connectivity index (χ1n) is 14.5. The van der Waals surface area contributed by atoms with E-state index in [2.05, 4.69) is 35.1 Å². The number of esters is 1. The molecule has 0 aliphatic heterocycles. The van der Waals surface area contributed by atoms with Crippen molar-refractivity contribution in [2.45, 2.75) is 105 Å². The van der Waals surface area contributed by atoms with Gasteiger partial charge in [-0.2, -0.15) is 0 Å². The van der Waals surface area contributed by atoms with Crippen LogP contribution in [0.3, 0.4) is 0 Å². The van der Waals surface area contributed by atoms with Gasteiger partial charge in [-0.3, -0.25) is 9.59 Å². The Morgan fingerprint density at radius 3 is 2.25 bits per heavy atom. The molecule has 2 rings (SSSR count). The third-order valence-corrected chi connectivity index (χ3v) is 6.47. The van der Waals surface area contributed by atoms with Crippen LogP contribution in [0.1, 0.15) is 90.7 Å². The lowest BCUT2D eigenvalue weighted by Crippen LogP contribution is -2.47. The summed E-state index contributed by atoms with van der Waals surface area (Å²) in [4.78, 5) is 47.3. The Hall–Kier alpha value is -3.20. The zero-order valence-corrected chi connectivity index (χ0v) is 25.3. The summed E-state index contributed by atoms with van der Waals surface area (Å²) in [5.41, 5.74) is 5.32. The van der Waals surface area contributed by atoms with E-state index in [1.165, 1.54) is 44.7 Å². The summed E-state index contributed by atoms with van der Waals surface area (Å²) in [7, 11) is 0. The molecule has 0 spiro atoms. The van der Waals surface area contributed by atoms with Gasteiger partial charge in [-0.1, -0.05) is 43.2 Å². The number of carbonyl (C=O) groups is 4. The Morgan fingerprint density at radius 1 is 0.975 bits per heavy atom. The Balaban J connectivity index is 0.000000603. The highest BCUT2D eigenvalue weighted by atomic mass is 16.5. The lowest BCUT2D eigenvalue weighted by atomic mass is 9.91. The Bertz CT molecular complexity index is 984. The van der Waals surface area contributed by atoms with Gasteiger partial charge in [0, 0.05) is 25.2 Å². The van der Waals surface area contributed by atoms with E-state index in [1.807, 2.05) is 31.2 Å². The number of carbonyl (C=O) groups excluding carboxylic acids is 4. The molecule has 0 heterocycles. The van der Waals surface area contributed by atoms with Gasteiger partial charge in [-0.05, 0) is 77.8 Å². The minimum Gasteiger partial charge on any atom is -0.461 e. The van der Waals surface area contributed by atoms with Crippen molar-refractivity contribution in [2.24, 2.45) is 0 Å². The first-order chi connectivity index (χ1) is 19.0. The molecule has 1 saturated carbocycles. The molecular weight excluding hydrogens is 508 g/mol. The van der Waals surface area contributed by atoms with Crippen molar-refractivity contribution in [3.05, 3.63) is 46.7 Å². The molecule has 1 atom stereocenters. The van der Waals surface area contributed by atoms with Crippen molar-refractivity contribution in [3.63, 3.8) is 0 Å². The first kappa shape index (κ1) is 34.8. The maximum Gasteiger partial charge on any atom is 0.328 e. The summed E-state index contributed by atoms with van der Waals surface area (Å²) in [6, 6.07) is 6.93. The topological polar surface area (TPSA) is 126 Å². The van der Waals surface area contributed by atoms with Gasteiger partial charge in [0.25, 0.3) is 0 Å². The molecule has 224 valence electrons. The predicted molar refractivity (Wildman–Crippen MR) is 158 cm³/mol. The second-order valence-corrected chi connectivity index (χ2v) is 10.5. The number of nitrogens with one attached hydrogen (secondary N) is 4. The van der Waals surface area contributed by atoms with Gasteiger partial charge in [0.15, 0.2) is 0 Å². The monoisotopic (exact) mass is 558 g/mol. The highest BCUT2D eigenvalue weighted by molar-refractivity contribution is 5.89. The van der Waals surface area contributed by atoms with E-state index in [4.69, 9.17) is 4.74 Å². The van der Waals surface area contributed by atoms with Crippen LogP contribution in [0.4, 0.5) is 0 Å². The maximum absolute atomic E-state index is 12.1. The Morgan fingerprint density at radius 2 is 1.68 bits per heavy atom. The number of aryl methyl sites for hydroxylation is 1. The highest BCUT2D eigenvalue weighted by Gasteiger charge is 2.23. The molecule has 1 aromatic rings. The summed E-state index contributed by atoms with van der Waals surface area (Å²) >= 11 is 0. The van der Waals surface area contributed by atoms with Gasteiger partial charge >= 0.3 is 5.97 Å². The standard InChI is InChI=1S/C21H31N3O5.C10H19N/c1-14(2)29-21(28)18(10-9-16(4)25)24-20(27)13-23-19(26)12-22-11-17-8-6-5-7-15(17)3;1-3-4-8-11-9(2)10-6-5-7-10/h5-8,14,18,22H,9-13H2,1-4H3,(H,23,26)(H,24,27);11H,3-8H2,1-2H3. The van der Waals surface area contributed by atoms with Crippen LogP contribution in [0, 0.1) is 6.92 Å². The van der Waals surface area contributed by atoms with E-state index in [1.54, 1.807) is 19.4 Å². The zero-order chi connectivity index (χ0) is 29.9. The second-order valence-electron chi connectivity index (χ2n) is 10.5. The van der Waals surface area contributed by atoms with E-state index >= 15 is 0 Å². The molecule has 4 N–H and O–H groups in total. The quantitative estimate of drug-likeness (QED) is 0.179. The highest BCUT2D eigenvalue weighted by Crippen LogP contribution is 2.27. The molecular formula is C31H50N4O5. The van der Waals surface area contributed by atoms with E-state index in [-0.39, 0.29) is 43.7 Å². The molecule has 1 aromatic carbocycles. The molecule has 1 unspecified atom stereocenters. The van der Waals surface area contributed by atoms with E-state index in [0.29, 0.717) is 6.54 Å². The van der Waals surface area contributed by atoms with Crippen molar-refractivity contribution in [1.29, 1.82) is 0 Å². The number of unbranched alkanes of at least 4 members (excludes halogenated alkanes) is 1. The lowest BCUT2D eigenvalue weighted by molar-refractivity contribution is -0.151. The zero-order valence-electron chi connectivity index (χ0n) is 25.3. The van der Waals surface area contributed by atoms with Crippen molar-refractivity contribution < 1.29 is 23.9 Å². The smallest absolute Gasteiger partial charge is 0.328 e. The Kier molecular flexibility index (Phi) is 17.2. The van der Waals surface area contributed by atoms with Crippen molar-refractivity contribution in [1.82, 2.24) is 21.3 Å². The van der Waals surface area contributed by atoms with Gasteiger partial charge < -0.3 is 30.8 Å². The molecule has 9 heteroatoms. The summed E-state index contributed by atoms with van der Waals surface area (Å²) in [6.45, 7) is 12.7. The normalized spacial score (nSPS) is 12.8. The fourth-order valence-electron chi connectivity index (χ4n) is 3.82. The van der Waals surface area contributed by atoms with Gasteiger partial charge in [-0.15, -0.1) is 0 Å². The van der Waals surface area contributed by atoms with Crippen LogP contribution < -0.4 is 21.3 Å². The largest absolute Gasteiger partial charge is 0.461 e. The molecule has 9 nitrogen and oxygen atoms in total. The molecule has 1 aliphatic carbocycles. The summed E-state index contributed by atoms with van der Waals surface area (Å²) in [5.74, 6) is -1.54. The van der Waals surface area contributed by atoms with Gasteiger partial charge in [0.2, 0.25) is 11.8 Å². The van der Waals surface area contributed by atoms with E-state index in [9.17, 15) is 19.2 Å². The van der Waals surface area contributed by atoms with Crippen LogP contribution in [-0.4, -0.2) is 55.3 Å². The summed E-state index contributed by atoms with van der Waals surface area (Å²) in [6.07, 6.45) is 6.63. The van der Waals surface area contributed by atoms with Gasteiger partial charge in [0.1, 0.15) is 11.8 Å². The van der Waals surface area contributed by atoms with Crippen LogP contribution in [-0.2, 0) is 30.5 Å². The summed E-state index contributed by atoms with van der Waals surface area (Å²) in [5, 5.41) is 11.5. The van der Waals surface area contributed by atoms with E-state index in [0.717, 1.165) is 17.7 Å². The van der Waals surface area contributed by atoms with Crippen molar-refractivity contribution in [3.8, 4) is 0 Å². The van der Waals surface area contributed by atoms with Crippen LogP contribution in [0.25, 0.3) is 0 Å². The van der Waals surface area contributed by atoms with Crippen LogP contribution in [0.5, 0.6) is 0 Å². The number of allylic oxidation sites excluding steroid dienone is 2. The molecule has 1 fully saturated rings. The molecule has 0 aromatic heterocycles. The number of hydrogen-bond acceptors (Lipinski definition) is 7. The van der Waals surface area contributed by atoms with Gasteiger partial charge in [0.05, 0.1) is 19.2 Å². The maximum atomic E-state index is 12.1. The fraction of sp³-hybridized carbons (Fsp3) is 0.613. The minimum absolute atomic E-state index is 0.0603. The third kappa shape index (κ3) is 15.4. The molecule has 0 radical (unpaired) electrons. The van der Waals surface area contributed by atoms with Crippen molar-refractivity contribution in [2.75, 3.05) is 19.6 Å². The first-order valence-corrected chi connectivity index (χ1v) is 14.5.